The smallest absolute Gasteiger partial charge is 0.257 e. The molecule has 0 saturated carbocycles. The van der Waals surface area contributed by atoms with Crippen LogP contribution in [0.25, 0.3) is 22.4 Å². The number of hydrogen-bond acceptors (Lipinski definition) is 6. The van der Waals surface area contributed by atoms with Crippen LogP contribution in [0.1, 0.15) is 17.6 Å². The highest BCUT2D eigenvalue weighted by molar-refractivity contribution is 5.75. The number of imidazole rings is 1. The van der Waals surface area contributed by atoms with Crippen molar-refractivity contribution in [2.45, 2.75) is 12.6 Å². The van der Waals surface area contributed by atoms with Crippen LogP contribution in [-0.2, 0) is 11.3 Å². The van der Waals surface area contributed by atoms with Gasteiger partial charge in [0.15, 0.2) is 0 Å². The number of benzene rings is 2. The number of nitrogens with zero attached hydrogens (tertiary/aromatic N) is 4. The molecule has 5 rings (SSSR count). The summed E-state index contributed by atoms with van der Waals surface area (Å²) in [6.45, 7) is 2.92. The van der Waals surface area contributed by atoms with E-state index < -0.39 is 0 Å². The average molecular weight is 361 g/mol. The Bertz CT molecular complexity index is 1060. The van der Waals surface area contributed by atoms with Gasteiger partial charge in [0.25, 0.3) is 5.89 Å². The lowest BCUT2D eigenvalue weighted by molar-refractivity contribution is 0.00755. The average Bonchev–Trinajstić information content (AvgIpc) is 3.37. The Kier molecular flexibility index (Phi) is 4.16. The first-order valence-electron chi connectivity index (χ1n) is 9.02. The van der Waals surface area contributed by atoms with Crippen LogP contribution >= 0.6 is 0 Å². The fraction of sp³-hybridized carbons (Fsp3) is 0.250. The molecule has 1 N–H and O–H groups in total. The summed E-state index contributed by atoms with van der Waals surface area (Å²) in [6.07, 6.45) is 1.69. The highest BCUT2D eigenvalue weighted by Crippen LogP contribution is 2.23. The molecule has 7 nitrogen and oxygen atoms in total. The van der Waals surface area contributed by atoms with Gasteiger partial charge in [0, 0.05) is 25.2 Å². The van der Waals surface area contributed by atoms with Gasteiger partial charge < -0.3 is 19.1 Å². The van der Waals surface area contributed by atoms with Crippen LogP contribution in [0.3, 0.4) is 0 Å². The maximum Gasteiger partial charge on any atom is 0.257 e. The summed E-state index contributed by atoms with van der Waals surface area (Å²) in [4.78, 5) is 8.98. The predicted molar refractivity (Wildman–Crippen MR) is 100 cm³/mol. The van der Waals surface area contributed by atoms with Gasteiger partial charge in [-0.2, -0.15) is 4.98 Å². The Morgan fingerprint density at radius 3 is 3.04 bits per heavy atom. The van der Waals surface area contributed by atoms with Gasteiger partial charge >= 0.3 is 0 Å². The lowest BCUT2D eigenvalue weighted by atomic mass is 10.1. The van der Waals surface area contributed by atoms with Gasteiger partial charge in [-0.25, -0.2) is 4.98 Å². The minimum Gasteiger partial charge on any atom is -0.366 e. The zero-order valence-corrected chi connectivity index (χ0v) is 14.7. The zero-order valence-electron chi connectivity index (χ0n) is 14.7. The molecule has 3 heterocycles. The Morgan fingerprint density at radius 2 is 2.11 bits per heavy atom. The van der Waals surface area contributed by atoms with Gasteiger partial charge in [0.1, 0.15) is 6.10 Å². The van der Waals surface area contributed by atoms with E-state index in [1.54, 1.807) is 0 Å². The second-order valence-corrected chi connectivity index (χ2v) is 6.58. The van der Waals surface area contributed by atoms with Crippen LogP contribution < -0.4 is 5.32 Å². The maximum absolute atomic E-state index is 5.68. The molecule has 0 radical (unpaired) electrons. The number of aromatic nitrogens is 4. The molecule has 0 spiro atoms. The molecule has 0 aliphatic carbocycles. The molecule has 1 aliphatic rings. The van der Waals surface area contributed by atoms with Crippen molar-refractivity contribution in [1.82, 2.24) is 25.0 Å². The molecule has 136 valence electrons. The number of morpholine rings is 1. The molecule has 1 aliphatic heterocycles. The van der Waals surface area contributed by atoms with Crippen LogP contribution in [0.4, 0.5) is 0 Å². The molecule has 0 unspecified atom stereocenters. The first-order chi connectivity index (χ1) is 13.4. The van der Waals surface area contributed by atoms with Gasteiger partial charge in [-0.3, -0.25) is 0 Å². The van der Waals surface area contributed by atoms with Crippen LogP contribution in [0.2, 0.25) is 0 Å². The molecule has 1 atom stereocenters. The van der Waals surface area contributed by atoms with Crippen LogP contribution in [0.15, 0.2) is 59.4 Å². The summed E-state index contributed by atoms with van der Waals surface area (Å²) in [5.74, 6) is 1.10. The number of hydrogen-bond donors (Lipinski definition) is 1. The third-order valence-corrected chi connectivity index (χ3v) is 4.71. The molecule has 1 saturated heterocycles. The van der Waals surface area contributed by atoms with Gasteiger partial charge in [-0.05, 0) is 23.8 Å². The number of ether oxygens (including phenoxy) is 1. The molecule has 2 aromatic carbocycles. The van der Waals surface area contributed by atoms with Crippen molar-refractivity contribution in [1.29, 1.82) is 0 Å². The summed E-state index contributed by atoms with van der Waals surface area (Å²) in [6, 6.07) is 16.3. The van der Waals surface area contributed by atoms with Crippen LogP contribution in [-0.4, -0.2) is 39.4 Å². The maximum atomic E-state index is 5.68. The molecule has 4 aromatic rings. The van der Waals surface area contributed by atoms with Gasteiger partial charge in [0.05, 0.1) is 24.0 Å². The van der Waals surface area contributed by atoms with E-state index in [1.165, 1.54) is 0 Å². The van der Waals surface area contributed by atoms with E-state index in [-0.39, 0.29) is 6.10 Å². The fourth-order valence-corrected chi connectivity index (χ4v) is 3.35. The lowest BCUT2D eigenvalue weighted by Crippen LogP contribution is -2.33. The van der Waals surface area contributed by atoms with Crippen molar-refractivity contribution >= 4 is 11.0 Å². The van der Waals surface area contributed by atoms with E-state index in [9.17, 15) is 0 Å². The summed E-state index contributed by atoms with van der Waals surface area (Å²) in [5.41, 5.74) is 4.19. The first kappa shape index (κ1) is 16.2. The topological polar surface area (TPSA) is 78.0 Å². The number of fused-ring (bicyclic) bond motifs is 1. The molecule has 27 heavy (non-hydrogen) atoms. The van der Waals surface area contributed by atoms with E-state index in [0.29, 0.717) is 24.9 Å². The second-order valence-electron chi connectivity index (χ2n) is 6.58. The summed E-state index contributed by atoms with van der Waals surface area (Å²) in [5, 5.41) is 7.41. The molecule has 1 fully saturated rings. The SMILES string of the molecule is c1cc(Cn2cnc3ccccc32)cc(-c2noc([C@H]3CNCCO3)n2)c1. The molecular weight excluding hydrogens is 342 g/mol. The van der Waals surface area contributed by atoms with Crippen LogP contribution in [0, 0.1) is 0 Å². The summed E-state index contributed by atoms with van der Waals surface area (Å²) in [7, 11) is 0. The normalized spacial score (nSPS) is 17.4. The Balaban J connectivity index is 1.40. The fourth-order valence-electron chi connectivity index (χ4n) is 3.35. The van der Waals surface area contributed by atoms with Crippen LogP contribution in [0.5, 0.6) is 0 Å². The Labute approximate surface area is 156 Å². The van der Waals surface area contributed by atoms with E-state index in [0.717, 1.165) is 35.2 Å². The number of nitrogens with one attached hydrogen (secondary N) is 1. The molecule has 0 bridgehead atoms. The largest absolute Gasteiger partial charge is 0.366 e. The van der Waals surface area contributed by atoms with E-state index in [2.05, 4.69) is 43.2 Å². The van der Waals surface area contributed by atoms with Gasteiger partial charge in [-0.1, -0.05) is 35.5 Å². The second kappa shape index (κ2) is 6.94. The first-order valence-corrected chi connectivity index (χ1v) is 9.02. The Morgan fingerprint density at radius 1 is 1.15 bits per heavy atom. The third-order valence-electron chi connectivity index (χ3n) is 4.71. The van der Waals surface area contributed by atoms with Crippen molar-refractivity contribution in [3.05, 3.63) is 66.3 Å². The minimum absolute atomic E-state index is 0.180. The molecule has 7 heteroatoms. The zero-order chi connectivity index (χ0) is 18.1. The predicted octanol–water partition coefficient (Wildman–Crippen LogP) is 2.80. The highest BCUT2D eigenvalue weighted by Gasteiger charge is 2.22. The highest BCUT2D eigenvalue weighted by atomic mass is 16.5. The van der Waals surface area contributed by atoms with Crippen molar-refractivity contribution in [2.75, 3.05) is 19.7 Å². The lowest BCUT2D eigenvalue weighted by Gasteiger charge is -2.19. The van der Waals surface area contributed by atoms with Crippen molar-refractivity contribution in [3.63, 3.8) is 0 Å². The number of rotatable bonds is 4. The summed E-state index contributed by atoms with van der Waals surface area (Å²) >= 11 is 0. The van der Waals surface area contributed by atoms with E-state index in [1.807, 2.05) is 36.7 Å². The van der Waals surface area contributed by atoms with E-state index >= 15 is 0 Å². The standard InChI is InChI=1S/C20H19N5O2/c1-2-7-17-16(6-1)22-13-25(17)12-14-4-3-5-15(10-14)19-23-20(27-24-19)18-11-21-8-9-26-18/h1-7,10,13,18,21H,8-9,11-12H2/t18-/m1/s1. The Hall–Kier alpha value is -3.03. The van der Waals surface area contributed by atoms with Crippen molar-refractivity contribution in [2.24, 2.45) is 0 Å². The van der Waals surface area contributed by atoms with Gasteiger partial charge in [-0.15, -0.1) is 0 Å². The number of para-hydroxylation sites is 2. The van der Waals surface area contributed by atoms with E-state index in [4.69, 9.17) is 9.26 Å². The quantitative estimate of drug-likeness (QED) is 0.602. The third kappa shape index (κ3) is 3.22. The van der Waals surface area contributed by atoms with Crippen molar-refractivity contribution in [3.8, 4) is 11.4 Å². The van der Waals surface area contributed by atoms with Crippen molar-refractivity contribution < 1.29 is 9.26 Å². The molecular formula is C20H19N5O2. The summed E-state index contributed by atoms with van der Waals surface area (Å²) < 4.78 is 13.2. The van der Waals surface area contributed by atoms with Gasteiger partial charge in [0.2, 0.25) is 5.82 Å². The molecule has 0 amide bonds. The monoisotopic (exact) mass is 361 g/mol. The minimum atomic E-state index is -0.180. The molecule has 2 aromatic heterocycles.